The largest absolute Gasteiger partial charge is 0.480 e. The van der Waals surface area contributed by atoms with E-state index in [0.29, 0.717) is 49.9 Å². The number of carbonyl (C=O) groups excluding carboxylic acids is 1. The maximum absolute atomic E-state index is 13.4. The summed E-state index contributed by atoms with van der Waals surface area (Å²) in [5, 5.41) is 18.4. The number of methoxy groups -OCH3 is 1. The van der Waals surface area contributed by atoms with Crippen LogP contribution in [0, 0.1) is 5.92 Å². The van der Waals surface area contributed by atoms with Gasteiger partial charge in [-0.25, -0.2) is 4.79 Å². The minimum absolute atomic E-state index is 0.0905. The van der Waals surface area contributed by atoms with E-state index in [1.165, 1.54) is 4.90 Å². The van der Waals surface area contributed by atoms with E-state index in [4.69, 9.17) is 16.3 Å². The summed E-state index contributed by atoms with van der Waals surface area (Å²) in [5.74, 6) is 1.15. The summed E-state index contributed by atoms with van der Waals surface area (Å²) in [6.45, 7) is 2.31. The van der Waals surface area contributed by atoms with Gasteiger partial charge in [0.05, 0.1) is 13.2 Å². The molecule has 0 bridgehead atoms. The number of hydrogen-bond donors (Lipinski definition) is 1. The van der Waals surface area contributed by atoms with Gasteiger partial charge in [0.1, 0.15) is 0 Å². The molecular formula is C23H28ClN5O4. The summed E-state index contributed by atoms with van der Waals surface area (Å²) in [5.41, 5.74) is 0.987. The Morgan fingerprint density at radius 3 is 2.36 bits per heavy atom. The molecule has 0 unspecified atom stereocenters. The molecule has 2 aliphatic rings. The number of likely N-dealkylation sites (N-methyl/N-ethyl adjacent to an activating group) is 1. The third-order valence-corrected chi connectivity index (χ3v) is 6.95. The van der Waals surface area contributed by atoms with E-state index in [1.807, 2.05) is 23.1 Å². The Bertz CT molecular complexity index is 979. The predicted octanol–water partition coefficient (Wildman–Crippen LogP) is 2.96. The highest BCUT2D eigenvalue weighted by atomic mass is 35.5. The van der Waals surface area contributed by atoms with Crippen LogP contribution in [0.15, 0.2) is 36.4 Å². The number of carbonyl (C=O) groups is 2. The zero-order valence-electron chi connectivity index (χ0n) is 18.7. The maximum Gasteiger partial charge on any atom is 0.407 e. The lowest BCUT2D eigenvalue weighted by atomic mass is 9.93. The van der Waals surface area contributed by atoms with Gasteiger partial charge in [-0.2, -0.15) is 0 Å². The smallest absolute Gasteiger partial charge is 0.407 e. The number of rotatable bonds is 5. The summed E-state index contributed by atoms with van der Waals surface area (Å²) in [7, 11) is 3.12. The van der Waals surface area contributed by atoms with Crippen molar-refractivity contribution in [3.05, 3.63) is 47.0 Å². The molecule has 3 heterocycles. The third-order valence-electron chi connectivity index (χ3n) is 6.70. The highest BCUT2D eigenvalue weighted by Gasteiger charge is 2.42. The fraction of sp³-hybridized carbons (Fsp3) is 0.478. The average molecular weight is 474 g/mol. The lowest BCUT2D eigenvalue weighted by molar-refractivity contribution is -0.135. The Morgan fingerprint density at radius 2 is 1.79 bits per heavy atom. The molecule has 0 aliphatic carbocycles. The Balaban J connectivity index is 1.42. The van der Waals surface area contributed by atoms with Crippen molar-refractivity contribution in [1.29, 1.82) is 0 Å². The monoisotopic (exact) mass is 473 g/mol. The van der Waals surface area contributed by atoms with Crippen LogP contribution in [-0.2, 0) is 4.79 Å². The fourth-order valence-electron chi connectivity index (χ4n) is 4.74. The van der Waals surface area contributed by atoms with Crippen LogP contribution in [0.4, 0.5) is 10.6 Å². The second-order valence-corrected chi connectivity index (χ2v) is 8.99. The van der Waals surface area contributed by atoms with E-state index in [-0.39, 0.29) is 23.8 Å². The number of amides is 2. The quantitative estimate of drug-likeness (QED) is 0.712. The number of aromatic nitrogens is 2. The van der Waals surface area contributed by atoms with Crippen molar-refractivity contribution >= 4 is 29.4 Å². The fourth-order valence-corrected chi connectivity index (χ4v) is 4.87. The average Bonchev–Trinajstić information content (AvgIpc) is 3.29. The molecule has 2 aromatic rings. The molecule has 33 heavy (non-hydrogen) atoms. The molecule has 2 aliphatic heterocycles. The third kappa shape index (κ3) is 4.98. The number of nitrogens with zero attached hydrogens (tertiary/aromatic N) is 5. The van der Waals surface area contributed by atoms with Gasteiger partial charge in [-0.15, -0.1) is 10.2 Å². The van der Waals surface area contributed by atoms with Crippen molar-refractivity contribution in [1.82, 2.24) is 20.0 Å². The molecule has 1 aromatic heterocycles. The molecule has 2 atom stereocenters. The first-order valence-corrected chi connectivity index (χ1v) is 11.4. The minimum Gasteiger partial charge on any atom is -0.480 e. The Labute approximate surface area is 197 Å². The molecule has 176 valence electrons. The van der Waals surface area contributed by atoms with Gasteiger partial charge < -0.3 is 24.5 Å². The Kier molecular flexibility index (Phi) is 6.88. The summed E-state index contributed by atoms with van der Waals surface area (Å²) in [6.07, 6.45) is 0.435. The topological polar surface area (TPSA) is 99.1 Å². The molecule has 10 heteroatoms. The van der Waals surface area contributed by atoms with Gasteiger partial charge in [-0.05, 0) is 36.6 Å². The first-order chi connectivity index (χ1) is 15.9. The second-order valence-electron chi connectivity index (χ2n) is 8.56. The van der Waals surface area contributed by atoms with Gasteiger partial charge in [0, 0.05) is 56.2 Å². The van der Waals surface area contributed by atoms with Crippen molar-refractivity contribution in [2.75, 3.05) is 45.2 Å². The van der Waals surface area contributed by atoms with Crippen LogP contribution in [0.5, 0.6) is 5.88 Å². The van der Waals surface area contributed by atoms with E-state index in [0.717, 1.165) is 11.4 Å². The number of halogens is 1. The van der Waals surface area contributed by atoms with Crippen LogP contribution in [-0.4, -0.2) is 83.5 Å². The lowest BCUT2D eigenvalue weighted by Crippen LogP contribution is -2.44. The van der Waals surface area contributed by atoms with Gasteiger partial charge >= 0.3 is 6.09 Å². The lowest BCUT2D eigenvalue weighted by Gasteiger charge is -2.33. The molecule has 2 fully saturated rings. The standard InChI is InChI=1S/C23H28ClN5O4/c1-27(23(31)32)19-14-29(13-18(19)15-3-5-17(24)6-4-15)22(30)16-9-11-28(12-10-16)20-7-8-21(33-2)26-25-20/h3-8,16,18-19H,9-14H2,1-2H3,(H,31,32)/t18-,19+/m0/s1. The molecule has 2 saturated heterocycles. The molecular weight excluding hydrogens is 446 g/mol. The van der Waals surface area contributed by atoms with Gasteiger partial charge in [-0.1, -0.05) is 23.7 Å². The summed E-state index contributed by atoms with van der Waals surface area (Å²) >= 11 is 6.03. The second kappa shape index (κ2) is 9.82. The molecule has 4 rings (SSSR count). The molecule has 9 nitrogen and oxygen atoms in total. The van der Waals surface area contributed by atoms with Crippen molar-refractivity contribution in [3.63, 3.8) is 0 Å². The highest BCUT2D eigenvalue weighted by molar-refractivity contribution is 6.30. The van der Waals surface area contributed by atoms with Gasteiger partial charge in [-0.3, -0.25) is 4.79 Å². The Hall–Kier alpha value is -3.07. The molecule has 1 N–H and O–H groups in total. The van der Waals surface area contributed by atoms with Crippen LogP contribution in [0.3, 0.4) is 0 Å². The molecule has 0 saturated carbocycles. The highest BCUT2D eigenvalue weighted by Crippen LogP contribution is 2.34. The summed E-state index contributed by atoms with van der Waals surface area (Å²) in [4.78, 5) is 30.3. The zero-order chi connectivity index (χ0) is 23.5. The Morgan fingerprint density at radius 1 is 1.09 bits per heavy atom. The first-order valence-electron chi connectivity index (χ1n) is 11.0. The van der Waals surface area contributed by atoms with Gasteiger partial charge in [0.25, 0.3) is 0 Å². The SMILES string of the molecule is COc1ccc(N2CCC(C(=O)N3C[C@@H](N(C)C(=O)O)[C@H](c4ccc(Cl)cc4)C3)CC2)nn1. The van der Waals surface area contributed by atoms with Crippen molar-refractivity contribution in [2.24, 2.45) is 5.92 Å². The number of ether oxygens (including phenoxy) is 1. The van der Waals surface area contributed by atoms with Crippen LogP contribution in [0.1, 0.15) is 24.3 Å². The molecule has 1 aromatic carbocycles. The minimum atomic E-state index is -0.998. The normalized spacial score (nSPS) is 21.2. The molecule has 0 radical (unpaired) electrons. The summed E-state index contributed by atoms with van der Waals surface area (Å²) in [6, 6.07) is 10.8. The zero-order valence-corrected chi connectivity index (χ0v) is 19.5. The summed E-state index contributed by atoms with van der Waals surface area (Å²) < 4.78 is 5.06. The van der Waals surface area contributed by atoms with Crippen molar-refractivity contribution in [3.8, 4) is 5.88 Å². The van der Waals surface area contributed by atoms with E-state index >= 15 is 0 Å². The number of likely N-dealkylation sites (tertiary alicyclic amines) is 1. The van der Waals surface area contributed by atoms with Crippen LogP contribution in [0.2, 0.25) is 5.02 Å². The van der Waals surface area contributed by atoms with Crippen molar-refractivity contribution < 1.29 is 19.4 Å². The van der Waals surface area contributed by atoms with E-state index < -0.39 is 6.09 Å². The van der Waals surface area contributed by atoms with Crippen LogP contribution in [0.25, 0.3) is 0 Å². The van der Waals surface area contributed by atoms with E-state index in [9.17, 15) is 14.7 Å². The number of anilines is 1. The van der Waals surface area contributed by atoms with E-state index in [1.54, 1.807) is 32.4 Å². The first kappa shape index (κ1) is 23.1. The van der Waals surface area contributed by atoms with Crippen LogP contribution < -0.4 is 9.64 Å². The van der Waals surface area contributed by atoms with Gasteiger partial charge in [0.15, 0.2) is 5.82 Å². The number of carboxylic acid groups (broad SMARTS) is 1. The number of hydrogen-bond acceptors (Lipinski definition) is 6. The van der Waals surface area contributed by atoms with E-state index in [2.05, 4.69) is 15.1 Å². The van der Waals surface area contributed by atoms with Crippen molar-refractivity contribution in [2.45, 2.75) is 24.8 Å². The number of piperidine rings is 1. The molecule has 0 spiro atoms. The van der Waals surface area contributed by atoms with Crippen LogP contribution >= 0.6 is 11.6 Å². The predicted molar refractivity (Wildman–Crippen MR) is 124 cm³/mol. The number of benzene rings is 1. The maximum atomic E-state index is 13.4. The van der Waals surface area contributed by atoms with Gasteiger partial charge in [0.2, 0.25) is 11.8 Å². The molecule has 2 amide bonds.